The number of nitrogen functional groups attached to an aromatic ring is 1. The Balaban J connectivity index is 1.34. The zero-order valence-corrected chi connectivity index (χ0v) is 20.4. The minimum Gasteiger partial charge on any atom is -0.382 e. The number of fused-ring (bicyclic) bond motifs is 2. The number of rotatable bonds is 5. The molecule has 38 heavy (non-hydrogen) atoms. The van der Waals surface area contributed by atoms with Crippen LogP contribution in [0, 0.1) is 13.5 Å². The molecule has 0 saturated carbocycles. The average molecular weight is 528 g/mol. The van der Waals surface area contributed by atoms with Gasteiger partial charge in [-0.15, -0.1) is 0 Å². The predicted molar refractivity (Wildman–Crippen MR) is 132 cm³/mol. The maximum absolute atomic E-state index is 15.1. The summed E-state index contributed by atoms with van der Waals surface area (Å²) in [7, 11) is 0. The van der Waals surface area contributed by atoms with Crippen molar-refractivity contribution in [3.63, 3.8) is 0 Å². The number of pyridine rings is 1. The van der Waals surface area contributed by atoms with E-state index in [1.807, 2.05) is 4.90 Å². The van der Waals surface area contributed by atoms with Gasteiger partial charge in [-0.2, -0.15) is 4.98 Å². The van der Waals surface area contributed by atoms with Crippen LogP contribution in [0.25, 0.3) is 32.8 Å². The predicted octanol–water partition coefficient (Wildman–Crippen LogP) is 2.19. The second-order valence-corrected chi connectivity index (χ2v) is 9.54. The molecule has 0 bridgehead atoms. The molecule has 14 heteroatoms. The number of nitrogens with two attached hydrogens (primary N) is 1. The number of anilines is 1. The van der Waals surface area contributed by atoms with Gasteiger partial charge in [0.15, 0.2) is 11.5 Å². The summed E-state index contributed by atoms with van der Waals surface area (Å²) in [4.78, 5) is 23.1. The zero-order chi connectivity index (χ0) is 27.5. The first-order valence-corrected chi connectivity index (χ1v) is 12.1. The first-order valence-electron chi connectivity index (χ1n) is 12.6. The van der Waals surface area contributed by atoms with Gasteiger partial charge in [0.25, 0.3) is 6.43 Å². The highest BCUT2D eigenvalue weighted by Gasteiger charge is 2.53. The Labute approximate surface area is 216 Å². The van der Waals surface area contributed by atoms with Crippen molar-refractivity contribution in [2.24, 2.45) is 4.99 Å². The van der Waals surface area contributed by atoms with E-state index in [0.29, 0.717) is 46.7 Å². The van der Waals surface area contributed by atoms with E-state index in [4.69, 9.17) is 18.4 Å². The Morgan fingerprint density at radius 1 is 1.34 bits per heavy atom. The minimum atomic E-state index is -2.57. The Bertz CT molecular complexity index is 1690. The summed E-state index contributed by atoms with van der Waals surface area (Å²) in [5.41, 5.74) is 7.58. The smallest absolute Gasteiger partial charge is 0.334 e. The lowest BCUT2D eigenvalue weighted by Gasteiger charge is -2.43. The fourth-order valence-corrected chi connectivity index (χ4v) is 5.07. The number of piperidine rings is 1. The van der Waals surface area contributed by atoms with Crippen LogP contribution < -0.4 is 11.4 Å². The summed E-state index contributed by atoms with van der Waals surface area (Å²) in [6.45, 7) is 9.66. The highest BCUT2D eigenvalue weighted by molar-refractivity contribution is 5.88. The van der Waals surface area contributed by atoms with Gasteiger partial charge in [-0.05, 0) is 31.5 Å². The van der Waals surface area contributed by atoms with Crippen molar-refractivity contribution in [3.8, 4) is 11.3 Å². The van der Waals surface area contributed by atoms with E-state index in [1.165, 1.54) is 15.1 Å². The number of ether oxygens (including phenoxy) is 1. The minimum absolute atomic E-state index is 0.0281. The molecule has 0 spiro atoms. The van der Waals surface area contributed by atoms with E-state index < -0.39 is 30.8 Å². The Morgan fingerprint density at radius 2 is 2.16 bits per heavy atom. The van der Waals surface area contributed by atoms with E-state index >= 15 is 4.39 Å². The molecule has 3 N–H and O–H groups in total. The van der Waals surface area contributed by atoms with Gasteiger partial charge in [0, 0.05) is 24.8 Å². The summed E-state index contributed by atoms with van der Waals surface area (Å²) >= 11 is 0. The fourth-order valence-electron chi connectivity index (χ4n) is 5.07. The van der Waals surface area contributed by atoms with Crippen LogP contribution in [0.5, 0.6) is 0 Å². The summed E-state index contributed by atoms with van der Waals surface area (Å²) in [5.74, 6) is 0.465. The number of likely N-dealkylation sites (tertiary alicyclic amines) is 1. The Morgan fingerprint density at radius 3 is 2.84 bits per heavy atom. The fraction of sp³-hybridized carbons (Fsp3) is 0.458. The molecule has 0 radical (unpaired) electrons. The van der Waals surface area contributed by atoms with Crippen molar-refractivity contribution in [2.45, 2.75) is 44.2 Å². The van der Waals surface area contributed by atoms with Crippen molar-refractivity contribution in [1.29, 1.82) is 0 Å². The molecule has 0 unspecified atom stereocenters. The molecule has 0 aromatic carbocycles. The van der Waals surface area contributed by atoms with Gasteiger partial charge < -0.3 is 15.0 Å². The Hall–Kier alpha value is -3.96. The van der Waals surface area contributed by atoms with Crippen LogP contribution in [0.2, 0.25) is 0 Å². The van der Waals surface area contributed by atoms with Crippen molar-refractivity contribution in [3.05, 3.63) is 47.2 Å². The van der Waals surface area contributed by atoms with Gasteiger partial charge in [0.1, 0.15) is 36.2 Å². The van der Waals surface area contributed by atoms with Crippen molar-refractivity contribution >= 4 is 22.5 Å². The number of H-pyrrole nitrogens is 1. The van der Waals surface area contributed by atoms with Gasteiger partial charge in [-0.25, -0.2) is 39.6 Å². The molecule has 2 atom stereocenters. The highest BCUT2D eigenvalue weighted by Crippen LogP contribution is 2.32. The van der Waals surface area contributed by atoms with Crippen LogP contribution in [0.15, 0.2) is 29.4 Å². The van der Waals surface area contributed by atoms with Crippen LogP contribution in [0.4, 0.5) is 19.0 Å². The second kappa shape index (κ2) is 9.10. The number of nitrogens with one attached hydrogen (secondary N) is 1. The molecule has 4 aromatic heterocycles. The third-order valence-corrected chi connectivity index (χ3v) is 7.14. The van der Waals surface area contributed by atoms with E-state index in [1.54, 1.807) is 19.1 Å². The maximum atomic E-state index is 15.1. The Kier molecular flexibility index (Phi) is 5.55. The quantitative estimate of drug-likeness (QED) is 0.384. The molecule has 4 aromatic rings. The topological polar surface area (TPSA) is 119 Å². The lowest BCUT2D eigenvalue weighted by atomic mass is 9.98. The highest BCUT2D eigenvalue weighted by atomic mass is 19.3. The molecular weight excluding hydrogens is 501 g/mol. The van der Waals surface area contributed by atoms with E-state index in [-0.39, 0.29) is 37.4 Å². The largest absolute Gasteiger partial charge is 0.382 e. The molecule has 6 rings (SSSR count). The van der Waals surface area contributed by atoms with Gasteiger partial charge >= 0.3 is 5.66 Å². The number of hydrogen-bond acceptors (Lipinski definition) is 7. The number of aromatic nitrogens is 6. The van der Waals surface area contributed by atoms with Crippen molar-refractivity contribution in [2.75, 3.05) is 32.0 Å². The number of hydrogen-bond donors (Lipinski definition) is 2. The molecule has 2 saturated heterocycles. The average Bonchev–Trinajstić information content (AvgIpc) is 3.36. The van der Waals surface area contributed by atoms with Crippen LogP contribution >= 0.6 is 0 Å². The number of imidazole rings is 1. The first kappa shape index (κ1) is 23.2. The SMILES string of the molecule is [2H]c1cc(-c2ccc3nc(C)n(CC(F)F)c3n2)c2c(N)nc(=N[C@H]3CCN(C4([N+]#[C-])COC4)C[C@H]3F)[nH]n12. The molecular formula is C24H25F3N10O. The number of halogens is 3. The van der Waals surface area contributed by atoms with Crippen LogP contribution in [-0.2, 0) is 11.3 Å². The van der Waals surface area contributed by atoms with E-state index in [2.05, 4.69) is 29.9 Å². The summed E-state index contributed by atoms with van der Waals surface area (Å²) in [6, 6.07) is 4.19. The van der Waals surface area contributed by atoms with Crippen LogP contribution in [0.1, 0.15) is 13.6 Å². The van der Waals surface area contributed by atoms with Gasteiger partial charge in [0.2, 0.25) is 5.62 Å². The molecule has 2 aliphatic heterocycles. The molecule has 198 valence electrons. The molecule has 2 aliphatic rings. The monoisotopic (exact) mass is 527 g/mol. The van der Waals surface area contributed by atoms with Crippen LogP contribution in [0.3, 0.4) is 0 Å². The van der Waals surface area contributed by atoms with Gasteiger partial charge in [-0.1, -0.05) is 0 Å². The van der Waals surface area contributed by atoms with E-state index in [0.717, 1.165) is 0 Å². The summed E-state index contributed by atoms with van der Waals surface area (Å²) < 4.78 is 57.8. The van der Waals surface area contributed by atoms with Crippen LogP contribution in [-0.4, -0.2) is 84.6 Å². The summed E-state index contributed by atoms with van der Waals surface area (Å²) in [6.07, 6.45) is -3.49. The molecule has 2 fully saturated rings. The van der Waals surface area contributed by atoms with Gasteiger partial charge in [0.05, 0.1) is 19.7 Å². The van der Waals surface area contributed by atoms with E-state index in [9.17, 15) is 8.78 Å². The standard InChI is InChI=1S/C24H25F3N10O/c1-13-30-18-4-3-16(31-22(18)36(13)10-19(26)27)14-5-8-37-20(14)21(28)33-23(34-37)32-17-6-7-35(9-15(17)25)24(29-2)11-38-12-24/h3-5,8,15,17,19H,6-7,9-12H2,1H3,(H3,28,32,33,34)/t15-,17+/m1/s1/i8D. The lowest BCUT2D eigenvalue weighted by Crippen LogP contribution is -2.64. The first-order chi connectivity index (χ1) is 18.7. The number of alkyl halides is 3. The molecule has 6 heterocycles. The lowest BCUT2D eigenvalue weighted by molar-refractivity contribution is -0.127. The third-order valence-electron chi connectivity index (χ3n) is 7.14. The normalized spacial score (nSPS) is 22.6. The maximum Gasteiger partial charge on any atom is 0.334 e. The molecule has 0 amide bonds. The number of aryl methyl sites for hydroxylation is 1. The van der Waals surface area contributed by atoms with Crippen molar-refractivity contribution in [1.82, 2.24) is 34.0 Å². The zero-order valence-electron chi connectivity index (χ0n) is 21.4. The number of aromatic amines is 1. The third kappa shape index (κ3) is 3.98. The second-order valence-electron chi connectivity index (χ2n) is 9.54. The molecule has 11 nitrogen and oxygen atoms in total. The molecule has 0 aliphatic carbocycles. The van der Waals surface area contributed by atoms with Crippen molar-refractivity contribution < 1.29 is 19.3 Å². The summed E-state index contributed by atoms with van der Waals surface area (Å²) in [5, 5.41) is 2.93. The van der Waals surface area contributed by atoms with Gasteiger partial charge in [-0.3, -0.25) is 14.5 Å². The number of nitrogens with zero attached hydrogens (tertiary/aromatic N) is 8.